The number of aromatic nitrogens is 4. The Morgan fingerprint density at radius 2 is 2.21 bits per heavy atom. The molecule has 0 saturated carbocycles. The Bertz CT molecular complexity index is 694. The van der Waals surface area contributed by atoms with Gasteiger partial charge in [-0.05, 0) is 55.9 Å². The van der Waals surface area contributed by atoms with Gasteiger partial charge in [0.05, 0.1) is 6.10 Å². The average molecular weight is 362 g/mol. The van der Waals surface area contributed by atoms with Gasteiger partial charge in [-0.15, -0.1) is 0 Å². The van der Waals surface area contributed by atoms with E-state index in [9.17, 15) is 0 Å². The minimum atomic E-state index is 0.226. The van der Waals surface area contributed by atoms with Crippen molar-refractivity contribution in [2.75, 3.05) is 18.5 Å². The lowest BCUT2D eigenvalue weighted by molar-refractivity contribution is 0.114. The summed E-state index contributed by atoms with van der Waals surface area (Å²) in [5, 5.41) is 8.06. The van der Waals surface area contributed by atoms with Crippen molar-refractivity contribution in [1.82, 2.24) is 25.3 Å². The van der Waals surface area contributed by atoms with Gasteiger partial charge in [0.25, 0.3) is 0 Å². The Morgan fingerprint density at radius 3 is 2.96 bits per heavy atom. The third-order valence-electron chi connectivity index (χ3n) is 3.31. The Hall–Kier alpha value is -1.84. The second-order valence-corrected chi connectivity index (χ2v) is 6.67. The molecule has 2 aromatic rings. The monoisotopic (exact) mass is 362 g/mol. The van der Waals surface area contributed by atoms with E-state index < -0.39 is 0 Å². The first-order valence-electron chi connectivity index (χ1n) is 7.66. The van der Waals surface area contributed by atoms with Crippen LogP contribution in [0.15, 0.2) is 34.7 Å². The molecule has 126 valence electrons. The Kier molecular flexibility index (Phi) is 5.89. The van der Waals surface area contributed by atoms with Crippen LogP contribution in [0.25, 0.3) is 0 Å². The van der Waals surface area contributed by atoms with Gasteiger partial charge < -0.3 is 15.4 Å². The quantitative estimate of drug-likeness (QED) is 0.472. The Labute approximate surface area is 150 Å². The first kappa shape index (κ1) is 17.0. The van der Waals surface area contributed by atoms with E-state index in [0.717, 1.165) is 30.2 Å². The molecular weight excluding hydrogens is 344 g/mol. The fourth-order valence-corrected chi connectivity index (χ4v) is 3.19. The van der Waals surface area contributed by atoms with Crippen LogP contribution in [0.3, 0.4) is 0 Å². The van der Waals surface area contributed by atoms with E-state index in [1.54, 1.807) is 18.5 Å². The minimum absolute atomic E-state index is 0.226. The summed E-state index contributed by atoms with van der Waals surface area (Å²) in [5.41, 5.74) is 0.841. The van der Waals surface area contributed by atoms with Gasteiger partial charge >= 0.3 is 0 Å². The maximum Gasteiger partial charge on any atom is 0.230 e. The highest BCUT2D eigenvalue weighted by Crippen LogP contribution is 2.23. The first-order valence-corrected chi connectivity index (χ1v) is 8.88. The molecule has 0 radical (unpaired) electrons. The van der Waals surface area contributed by atoms with Crippen molar-refractivity contribution in [1.29, 1.82) is 0 Å². The van der Waals surface area contributed by atoms with E-state index in [1.165, 1.54) is 11.8 Å². The number of nitrogens with one attached hydrogen (secondary N) is 2. The molecule has 24 heavy (non-hydrogen) atoms. The number of hydrogen-bond acceptors (Lipinski definition) is 7. The summed E-state index contributed by atoms with van der Waals surface area (Å²) in [6.07, 6.45) is 5.80. The third kappa shape index (κ3) is 5.08. The summed E-state index contributed by atoms with van der Waals surface area (Å²) in [5.74, 6) is 0.457. The van der Waals surface area contributed by atoms with E-state index in [0.29, 0.717) is 22.8 Å². The van der Waals surface area contributed by atoms with E-state index >= 15 is 0 Å². The molecule has 0 unspecified atom stereocenters. The van der Waals surface area contributed by atoms with Gasteiger partial charge in [0.15, 0.2) is 10.3 Å². The largest absolute Gasteiger partial charge is 0.376 e. The Morgan fingerprint density at radius 1 is 1.38 bits per heavy atom. The predicted octanol–water partition coefficient (Wildman–Crippen LogP) is 2.19. The van der Waals surface area contributed by atoms with Crippen LogP contribution in [-0.2, 0) is 4.74 Å². The summed E-state index contributed by atoms with van der Waals surface area (Å²) in [7, 11) is 0. The smallest absolute Gasteiger partial charge is 0.230 e. The van der Waals surface area contributed by atoms with E-state index in [-0.39, 0.29) is 6.10 Å². The van der Waals surface area contributed by atoms with Crippen molar-refractivity contribution in [3.05, 3.63) is 30.2 Å². The molecule has 9 heteroatoms. The van der Waals surface area contributed by atoms with Gasteiger partial charge in [-0.3, -0.25) is 0 Å². The second kappa shape index (κ2) is 8.32. The van der Waals surface area contributed by atoms with Crippen LogP contribution >= 0.6 is 24.0 Å². The number of nitrogens with zero attached hydrogens (tertiary/aromatic N) is 4. The molecule has 0 spiro atoms. The number of rotatable bonds is 5. The number of aryl methyl sites for hydroxylation is 1. The predicted molar refractivity (Wildman–Crippen MR) is 96.1 cm³/mol. The van der Waals surface area contributed by atoms with Crippen LogP contribution in [0, 0.1) is 6.92 Å². The summed E-state index contributed by atoms with van der Waals surface area (Å²) in [6.45, 7) is 3.43. The molecule has 0 amide bonds. The van der Waals surface area contributed by atoms with E-state index in [2.05, 4.69) is 30.6 Å². The molecule has 1 aliphatic heterocycles. The van der Waals surface area contributed by atoms with Crippen molar-refractivity contribution in [3.63, 3.8) is 0 Å². The normalized spacial score (nSPS) is 16.8. The lowest BCUT2D eigenvalue weighted by Crippen LogP contribution is -2.35. The minimum Gasteiger partial charge on any atom is -0.376 e. The molecule has 1 atom stereocenters. The summed E-state index contributed by atoms with van der Waals surface area (Å²) in [6, 6.07) is 3.66. The zero-order valence-electron chi connectivity index (χ0n) is 13.2. The fraction of sp³-hybridized carbons (Fsp3) is 0.400. The van der Waals surface area contributed by atoms with Crippen LogP contribution in [0.5, 0.6) is 0 Å². The molecule has 1 fully saturated rings. The molecule has 3 rings (SSSR count). The molecule has 3 heterocycles. The molecule has 1 aliphatic rings. The number of hydrogen-bond donors (Lipinski definition) is 2. The van der Waals surface area contributed by atoms with Crippen LogP contribution in [-0.4, -0.2) is 44.3 Å². The summed E-state index contributed by atoms with van der Waals surface area (Å²) >= 11 is 6.68. The van der Waals surface area contributed by atoms with Gasteiger partial charge in [-0.1, -0.05) is 0 Å². The molecule has 1 saturated heterocycles. The van der Waals surface area contributed by atoms with Crippen LogP contribution in [0.1, 0.15) is 18.5 Å². The highest BCUT2D eigenvalue weighted by Gasteiger charge is 2.15. The lowest BCUT2D eigenvalue weighted by Gasteiger charge is -2.13. The molecule has 0 bridgehead atoms. The van der Waals surface area contributed by atoms with Crippen LogP contribution in [0.2, 0.25) is 0 Å². The van der Waals surface area contributed by atoms with Gasteiger partial charge in [-0.2, -0.15) is 0 Å². The number of thiocarbonyl (C=S) groups is 1. The van der Waals surface area contributed by atoms with Crippen molar-refractivity contribution < 1.29 is 4.74 Å². The topological polar surface area (TPSA) is 84.9 Å². The maximum atomic E-state index is 5.56. The fourth-order valence-electron chi connectivity index (χ4n) is 2.24. The SMILES string of the molecule is Cc1cc(Sc2ncccn2)nc(NC(=S)NC[C@H]2CCCO2)n1. The first-order chi connectivity index (χ1) is 11.7. The second-order valence-electron chi connectivity index (χ2n) is 5.27. The third-order valence-corrected chi connectivity index (χ3v) is 4.37. The van der Waals surface area contributed by atoms with Crippen LogP contribution < -0.4 is 10.6 Å². The molecule has 2 N–H and O–H groups in total. The van der Waals surface area contributed by atoms with Gasteiger partial charge in [0.2, 0.25) is 5.95 Å². The zero-order chi connectivity index (χ0) is 16.8. The average Bonchev–Trinajstić information content (AvgIpc) is 3.07. The maximum absolute atomic E-state index is 5.56. The van der Waals surface area contributed by atoms with Crippen molar-refractivity contribution in [2.24, 2.45) is 0 Å². The summed E-state index contributed by atoms with van der Waals surface area (Å²) < 4.78 is 5.56. The standard InChI is InChI=1S/C15H18N6OS2/c1-10-8-12(24-15-16-5-3-6-17-15)20-13(19-10)21-14(23)18-9-11-4-2-7-22-11/h3,5-6,8,11H,2,4,7,9H2,1H3,(H2,18,19,20,21,23)/t11-/m1/s1. The van der Waals surface area contributed by atoms with E-state index in [4.69, 9.17) is 17.0 Å². The molecule has 7 nitrogen and oxygen atoms in total. The van der Waals surface area contributed by atoms with Crippen molar-refractivity contribution >= 4 is 35.0 Å². The number of ether oxygens (including phenoxy) is 1. The highest BCUT2D eigenvalue weighted by molar-refractivity contribution is 7.99. The van der Waals surface area contributed by atoms with Gasteiger partial charge in [-0.25, -0.2) is 19.9 Å². The van der Waals surface area contributed by atoms with E-state index in [1.807, 2.05) is 13.0 Å². The van der Waals surface area contributed by atoms with Crippen LogP contribution in [0.4, 0.5) is 5.95 Å². The Balaban J connectivity index is 1.59. The lowest BCUT2D eigenvalue weighted by atomic mass is 10.2. The molecule has 2 aromatic heterocycles. The molecule has 0 aliphatic carbocycles. The van der Waals surface area contributed by atoms with Gasteiger partial charge in [0.1, 0.15) is 5.03 Å². The molecular formula is C15H18N6OS2. The van der Waals surface area contributed by atoms with Crippen molar-refractivity contribution in [3.8, 4) is 0 Å². The van der Waals surface area contributed by atoms with Gasteiger partial charge in [0, 0.05) is 31.2 Å². The summed E-state index contributed by atoms with van der Waals surface area (Å²) in [4.78, 5) is 17.2. The molecule has 0 aromatic carbocycles. The van der Waals surface area contributed by atoms with Crippen molar-refractivity contribution in [2.45, 2.75) is 36.1 Å². The zero-order valence-corrected chi connectivity index (χ0v) is 14.9. The number of anilines is 1. The highest BCUT2D eigenvalue weighted by atomic mass is 32.2.